The fourth-order valence-electron chi connectivity index (χ4n) is 1.51. The zero-order valence-corrected chi connectivity index (χ0v) is 11.6. The first-order valence-corrected chi connectivity index (χ1v) is 5.97. The van der Waals surface area contributed by atoms with Crippen LogP contribution in [0.1, 0.15) is 5.56 Å². The van der Waals surface area contributed by atoms with E-state index in [2.05, 4.69) is 10.1 Å². The summed E-state index contributed by atoms with van der Waals surface area (Å²) in [5.74, 6) is -1.25. The molecule has 1 aromatic rings. The number of hydrogen-bond donors (Lipinski definition) is 3. The Morgan fingerprint density at radius 3 is 2.52 bits per heavy atom. The van der Waals surface area contributed by atoms with Crippen LogP contribution < -0.4 is 15.4 Å². The maximum atomic E-state index is 11.5. The van der Waals surface area contributed by atoms with Crippen molar-refractivity contribution in [2.75, 3.05) is 25.6 Å². The van der Waals surface area contributed by atoms with Gasteiger partial charge in [-0.15, -0.1) is 0 Å². The summed E-state index contributed by atoms with van der Waals surface area (Å²) in [5.41, 5.74) is 1.32. The third-order valence-corrected chi connectivity index (χ3v) is 2.36. The van der Waals surface area contributed by atoms with Gasteiger partial charge in [-0.25, -0.2) is 9.59 Å². The molecular weight excluding hydrogens is 280 g/mol. The molecule has 0 unspecified atom stereocenters. The number of amides is 3. The lowest BCUT2D eigenvalue weighted by molar-refractivity contribution is -0.143. The lowest BCUT2D eigenvalue weighted by Gasteiger charge is -2.09. The number of urea groups is 1. The summed E-state index contributed by atoms with van der Waals surface area (Å²) < 4.78 is 9.64. The molecule has 0 aliphatic heterocycles. The number of imide groups is 1. The number of methoxy groups -OCH3 is 1. The molecule has 0 aliphatic rings. The predicted molar refractivity (Wildman–Crippen MR) is 73.3 cm³/mol. The van der Waals surface area contributed by atoms with Crippen LogP contribution in [0.3, 0.4) is 0 Å². The predicted octanol–water partition coefficient (Wildman–Crippen LogP) is 0.753. The van der Waals surface area contributed by atoms with Gasteiger partial charge in [-0.1, -0.05) is 0 Å². The Labute approximate surface area is 121 Å². The van der Waals surface area contributed by atoms with E-state index < -0.39 is 31.1 Å². The highest BCUT2D eigenvalue weighted by atomic mass is 16.5. The summed E-state index contributed by atoms with van der Waals surface area (Å²) in [5, 5.41) is 12.8. The van der Waals surface area contributed by atoms with Crippen LogP contribution >= 0.6 is 0 Å². The maximum Gasteiger partial charge on any atom is 0.329 e. The van der Waals surface area contributed by atoms with E-state index >= 15 is 0 Å². The van der Waals surface area contributed by atoms with E-state index in [1.807, 2.05) is 12.2 Å². The van der Waals surface area contributed by atoms with Crippen molar-refractivity contribution in [3.63, 3.8) is 0 Å². The maximum absolute atomic E-state index is 11.5. The lowest BCUT2D eigenvalue weighted by Crippen LogP contribution is -2.37. The van der Waals surface area contributed by atoms with Crippen molar-refractivity contribution in [1.82, 2.24) is 5.32 Å². The second-order valence-corrected chi connectivity index (χ2v) is 4.07. The smallest absolute Gasteiger partial charge is 0.329 e. The number of rotatable bonds is 6. The highest BCUT2D eigenvalue weighted by Gasteiger charge is 2.09. The van der Waals surface area contributed by atoms with Crippen LogP contribution in [0, 0.1) is 6.92 Å². The minimum absolute atomic E-state index is 0.491. The summed E-state index contributed by atoms with van der Waals surface area (Å²) in [6, 6.07) is 4.26. The second-order valence-electron chi connectivity index (χ2n) is 4.07. The van der Waals surface area contributed by atoms with E-state index in [1.54, 1.807) is 18.2 Å². The first-order chi connectivity index (χ1) is 9.92. The topological polar surface area (TPSA) is 114 Å². The molecule has 1 aromatic carbocycles. The number of carbonyl (C=O) groups is 3. The summed E-state index contributed by atoms with van der Waals surface area (Å²) in [6.07, 6.45) is 0. The fourth-order valence-corrected chi connectivity index (χ4v) is 1.51. The summed E-state index contributed by atoms with van der Waals surface area (Å²) in [6.45, 7) is 0.695. The van der Waals surface area contributed by atoms with Crippen LogP contribution in [0.15, 0.2) is 18.2 Å². The molecule has 0 fully saturated rings. The Morgan fingerprint density at radius 1 is 1.24 bits per heavy atom. The molecule has 114 valence electrons. The molecule has 0 aromatic heterocycles. The molecule has 0 bridgehead atoms. The van der Waals surface area contributed by atoms with Crippen molar-refractivity contribution in [3.05, 3.63) is 23.8 Å². The molecule has 0 heterocycles. The van der Waals surface area contributed by atoms with E-state index in [-0.39, 0.29) is 0 Å². The fraction of sp³-hybridized carbons (Fsp3) is 0.308. The second kappa shape index (κ2) is 7.85. The SMILES string of the molecule is COc1ccc(NC(=O)NC(=O)COCC(=O)O)cc1C. The minimum Gasteiger partial charge on any atom is -0.496 e. The summed E-state index contributed by atoms with van der Waals surface area (Å²) in [4.78, 5) is 33.0. The highest BCUT2D eigenvalue weighted by Crippen LogP contribution is 2.21. The van der Waals surface area contributed by atoms with Gasteiger partial charge >= 0.3 is 12.0 Å². The third kappa shape index (κ3) is 5.91. The Hall–Kier alpha value is -2.61. The Bertz CT molecular complexity index is 543. The first kappa shape index (κ1) is 16.4. The number of carbonyl (C=O) groups excluding carboxylic acids is 2. The number of ether oxygens (including phenoxy) is 2. The van der Waals surface area contributed by atoms with E-state index in [0.29, 0.717) is 11.4 Å². The van der Waals surface area contributed by atoms with Crippen molar-refractivity contribution < 1.29 is 29.0 Å². The Kier molecular flexibility index (Phi) is 6.15. The molecule has 3 N–H and O–H groups in total. The zero-order chi connectivity index (χ0) is 15.8. The first-order valence-electron chi connectivity index (χ1n) is 5.97. The minimum atomic E-state index is -1.19. The number of carboxylic acid groups (broad SMARTS) is 1. The van der Waals surface area contributed by atoms with Crippen LogP contribution in [0.2, 0.25) is 0 Å². The molecule has 8 nitrogen and oxygen atoms in total. The van der Waals surface area contributed by atoms with E-state index in [0.717, 1.165) is 5.56 Å². The number of aryl methyl sites for hydroxylation is 1. The molecule has 0 spiro atoms. The largest absolute Gasteiger partial charge is 0.496 e. The number of anilines is 1. The van der Waals surface area contributed by atoms with Crippen LogP contribution in [0.4, 0.5) is 10.5 Å². The number of nitrogens with one attached hydrogen (secondary N) is 2. The number of hydrogen-bond acceptors (Lipinski definition) is 5. The normalized spacial score (nSPS) is 9.81. The molecule has 1 rings (SSSR count). The van der Waals surface area contributed by atoms with Gasteiger partial charge in [-0.3, -0.25) is 10.1 Å². The summed E-state index contributed by atoms with van der Waals surface area (Å²) in [7, 11) is 1.54. The van der Waals surface area contributed by atoms with Crippen molar-refractivity contribution >= 4 is 23.6 Å². The van der Waals surface area contributed by atoms with Crippen LogP contribution in [0.25, 0.3) is 0 Å². The van der Waals surface area contributed by atoms with Gasteiger partial charge in [0.15, 0.2) is 0 Å². The van der Waals surface area contributed by atoms with Gasteiger partial charge in [-0.2, -0.15) is 0 Å². The van der Waals surface area contributed by atoms with Crippen LogP contribution in [-0.2, 0) is 14.3 Å². The molecule has 8 heteroatoms. The van der Waals surface area contributed by atoms with Gasteiger partial charge in [0.1, 0.15) is 19.0 Å². The van der Waals surface area contributed by atoms with Crippen LogP contribution in [0.5, 0.6) is 5.75 Å². The Morgan fingerprint density at radius 2 is 1.95 bits per heavy atom. The van der Waals surface area contributed by atoms with Crippen molar-refractivity contribution in [2.24, 2.45) is 0 Å². The van der Waals surface area contributed by atoms with Gasteiger partial charge in [0, 0.05) is 5.69 Å². The van der Waals surface area contributed by atoms with Crippen molar-refractivity contribution in [2.45, 2.75) is 6.92 Å². The molecule has 21 heavy (non-hydrogen) atoms. The van der Waals surface area contributed by atoms with Crippen LogP contribution in [-0.4, -0.2) is 43.3 Å². The highest BCUT2D eigenvalue weighted by molar-refractivity contribution is 6.01. The molecule has 0 atom stereocenters. The monoisotopic (exact) mass is 296 g/mol. The molecule has 0 radical (unpaired) electrons. The lowest BCUT2D eigenvalue weighted by atomic mass is 10.2. The number of aliphatic carboxylic acids is 1. The molecular formula is C13H16N2O6. The van der Waals surface area contributed by atoms with Gasteiger partial charge in [-0.05, 0) is 30.7 Å². The third-order valence-electron chi connectivity index (χ3n) is 2.36. The number of carboxylic acids is 1. The van der Waals surface area contributed by atoms with E-state index in [4.69, 9.17) is 9.84 Å². The zero-order valence-electron chi connectivity index (χ0n) is 11.6. The molecule has 3 amide bonds. The standard InChI is InChI=1S/C13H16N2O6/c1-8-5-9(3-4-10(8)20-2)14-13(19)15-11(16)6-21-7-12(17)18/h3-5H,6-7H2,1-2H3,(H,17,18)(H2,14,15,16,19). The Balaban J connectivity index is 2.44. The summed E-state index contributed by atoms with van der Waals surface area (Å²) >= 11 is 0. The van der Waals surface area contributed by atoms with E-state index in [9.17, 15) is 14.4 Å². The molecule has 0 saturated heterocycles. The van der Waals surface area contributed by atoms with Gasteiger partial charge in [0.05, 0.1) is 7.11 Å². The molecule has 0 saturated carbocycles. The quantitative estimate of drug-likeness (QED) is 0.714. The average Bonchev–Trinajstić information content (AvgIpc) is 2.38. The van der Waals surface area contributed by atoms with Crippen molar-refractivity contribution in [1.29, 1.82) is 0 Å². The molecule has 0 aliphatic carbocycles. The number of benzene rings is 1. The van der Waals surface area contributed by atoms with Gasteiger partial charge < -0.3 is 19.9 Å². The van der Waals surface area contributed by atoms with Crippen molar-refractivity contribution in [3.8, 4) is 5.75 Å². The van der Waals surface area contributed by atoms with Gasteiger partial charge in [0.2, 0.25) is 0 Å². The average molecular weight is 296 g/mol. The van der Waals surface area contributed by atoms with E-state index in [1.165, 1.54) is 7.11 Å². The van der Waals surface area contributed by atoms with Gasteiger partial charge in [0.25, 0.3) is 5.91 Å².